The van der Waals surface area contributed by atoms with E-state index >= 15 is 0 Å². The van der Waals surface area contributed by atoms with E-state index in [2.05, 4.69) is 5.32 Å². The number of ether oxygens (including phenoxy) is 1. The Morgan fingerprint density at radius 1 is 0.946 bits per heavy atom. The van der Waals surface area contributed by atoms with E-state index in [0.29, 0.717) is 5.75 Å². The van der Waals surface area contributed by atoms with Gasteiger partial charge in [0.2, 0.25) is 11.8 Å². The Labute approximate surface area is 219 Å². The predicted molar refractivity (Wildman–Crippen MR) is 140 cm³/mol. The average Bonchev–Trinajstić information content (AvgIpc) is 2.95. The Morgan fingerprint density at radius 2 is 1.51 bits per heavy atom. The Kier molecular flexibility index (Phi) is 7.58. The molecule has 3 unspecified atom stereocenters. The van der Waals surface area contributed by atoms with Crippen molar-refractivity contribution in [3.63, 3.8) is 0 Å². The minimum absolute atomic E-state index is 0.169. The fraction of sp³-hybridized carbons (Fsp3) is 0.276. The number of thioether (sulfide) groups is 1. The minimum Gasteiger partial charge on any atom is -0.451 e. The van der Waals surface area contributed by atoms with Crippen LogP contribution in [0.15, 0.2) is 91.0 Å². The SMILES string of the molecule is O=C(Cc1ccccc1)NC1C(=O)N2C(C(=O)OC(c3ccccc3)c3ccccc3)C(CO)CS[C@@H]12. The number of amides is 2. The van der Waals surface area contributed by atoms with Crippen LogP contribution in [-0.4, -0.2) is 57.6 Å². The van der Waals surface area contributed by atoms with E-state index in [4.69, 9.17) is 4.74 Å². The zero-order chi connectivity index (χ0) is 25.8. The summed E-state index contributed by atoms with van der Waals surface area (Å²) in [7, 11) is 0. The first-order valence-corrected chi connectivity index (χ1v) is 13.3. The number of nitrogens with one attached hydrogen (secondary N) is 1. The highest BCUT2D eigenvalue weighted by Crippen LogP contribution is 2.41. The number of hydrogen-bond acceptors (Lipinski definition) is 6. The second kappa shape index (κ2) is 11.2. The molecule has 7 nitrogen and oxygen atoms in total. The van der Waals surface area contributed by atoms with E-state index in [9.17, 15) is 19.5 Å². The Morgan fingerprint density at radius 3 is 2.08 bits per heavy atom. The summed E-state index contributed by atoms with van der Waals surface area (Å²) < 4.78 is 6.05. The van der Waals surface area contributed by atoms with Crippen LogP contribution in [0.1, 0.15) is 22.8 Å². The Balaban J connectivity index is 1.32. The summed E-state index contributed by atoms with van der Waals surface area (Å²) in [4.78, 5) is 40.9. The molecular formula is C29H28N2O5S. The number of esters is 1. The number of β-lactam (4-membered cyclic amide) rings is 1. The molecule has 2 amide bonds. The molecule has 8 heteroatoms. The van der Waals surface area contributed by atoms with Crippen LogP contribution in [0.4, 0.5) is 0 Å². The maximum atomic E-state index is 13.6. The minimum atomic E-state index is -0.930. The third-order valence-electron chi connectivity index (χ3n) is 6.75. The Bertz CT molecular complexity index is 1200. The zero-order valence-electron chi connectivity index (χ0n) is 20.1. The van der Waals surface area contributed by atoms with E-state index in [-0.39, 0.29) is 30.2 Å². The smallest absolute Gasteiger partial charge is 0.330 e. The number of fused-ring (bicyclic) bond motifs is 1. The third-order valence-corrected chi connectivity index (χ3v) is 8.21. The summed E-state index contributed by atoms with van der Waals surface area (Å²) in [6, 6.07) is 26.5. The predicted octanol–water partition coefficient (Wildman–Crippen LogP) is 2.94. The third kappa shape index (κ3) is 5.26. The lowest BCUT2D eigenvalue weighted by Crippen LogP contribution is -2.76. The molecule has 2 aliphatic rings. The summed E-state index contributed by atoms with van der Waals surface area (Å²) in [6.45, 7) is -0.254. The summed E-state index contributed by atoms with van der Waals surface area (Å²) in [6.07, 6.45) is -0.484. The molecule has 0 aliphatic carbocycles. The van der Waals surface area contributed by atoms with Crippen LogP contribution >= 0.6 is 11.8 Å². The van der Waals surface area contributed by atoms with Gasteiger partial charge in [-0.2, -0.15) is 0 Å². The van der Waals surface area contributed by atoms with Crippen LogP contribution < -0.4 is 5.32 Å². The number of carbonyl (C=O) groups excluding carboxylic acids is 3. The standard InChI is InChI=1S/C29H28N2O5S/c32-17-22-18-37-28-24(30-23(33)16-19-10-4-1-5-11-19)27(34)31(28)25(22)29(35)36-26(20-12-6-2-7-13-20)21-14-8-3-9-15-21/h1-15,22,24-26,28,32H,16-18H2,(H,30,33)/t22?,24?,25?,28-/m0/s1. The maximum absolute atomic E-state index is 13.6. The van der Waals surface area contributed by atoms with Crippen molar-refractivity contribution < 1.29 is 24.2 Å². The molecule has 2 fully saturated rings. The lowest BCUT2D eigenvalue weighted by atomic mass is 9.93. The summed E-state index contributed by atoms with van der Waals surface area (Å²) in [5.74, 6) is -1.15. The molecule has 2 N–H and O–H groups in total. The Hall–Kier alpha value is -3.62. The molecule has 4 atom stereocenters. The first kappa shape index (κ1) is 25.0. The van der Waals surface area contributed by atoms with Gasteiger partial charge in [-0.15, -0.1) is 11.8 Å². The number of rotatable bonds is 8. The highest BCUT2D eigenvalue weighted by atomic mass is 32.2. The first-order valence-electron chi connectivity index (χ1n) is 12.2. The normalized spacial score (nSPS) is 22.6. The average molecular weight is 517 g/mol. The van der Waals surface area contributed by atoms with Crippen molar-refractivity contribution in [1.29, 1.82) is 0 Å². The van der Waals surface area contributed by atoms with Crippen LogP contribution in [0.5, 0.6) is 0 Å². The van der Waals surface area contributed by atoms with Gasteiger partial charge in [-0.05, 0) is 16.7 Å². The van der Waals surface area contributed by atoms with Crippen LogP contribution in [0.3, 0.4) is 0 Å². The van der Waals surface area contributed by atoms with E-state index in [1.807, 2.05) is 91.0 Å². The highest BCUT2D eigenvalue weighted by Gasteiger charge is 2.58. The first-order chi connectivity index (χ1) is 18.1. The van der Waals surface area contributed by atoms with Crippen molar-refractivity contribution in [2.75, 3.05) is 12.4 Å². The molecule has 3 aromatic carbocycles. The second-order valence-electron chi connectivity index (χ2n) is 9.20. The molecule has 190 valence electrons. The van der Waals surface area contributed by atoms with Gasteiger partial charge in [0.25, 0.3) is 0 Å². The van der Waals surface area contributed by atoms with Crippen LogP contribution in [-0.2, 0) is 25.5 Å². The van der Waals surface area contributed by atoms with E-state index in [1.54, 1.807) is 0 Å². The fourth-order valence-corrected chi connectivity index (χ4v) is 6.37. The second-order valence-corrected chi connectivity index (χ2v) is 10.4. The molecule has 0 bridgehead atoms. The number of aliphatic hydroxyl groups excluding tert-OH is 1. The molecule has 0 spiro atoms. The zero-order valence-corrected chi connectivity index (χ0v) is 20.9. The van der Waals surface area contributed by atoms with Crippen molar-refractivity contribution in [1.82, 2.24) is 10.2 Å². The lowest BCUT2D eigenvalue weighted by molar-refractivity contribution is -0.171. The summed E-state index contributed by atoms with van der Waals surface area (Å²) in [5.41, 5.74) is 2.48. The van der Waals surface area contributed by atoms with Gasteiger partial charge in [-0.1, -0.05) is 91.0 Å². The number of nitrogens with zero attached hydrogens (tertiary/aromatic N) is 1. The van der Waals surface area contributed by atoms with Gasteiger partial charge in [0.1, 0.15) is 17.5 Å². The molecule has 0 radical (unpaired) electrons. The molecule has 2 heterocycles. The van der Waals surface area contributed by atoms with Gasteiger partial charge >= 0.3 is 5.97 Å². The van der Waals surface area contributed by atoms with Gasteiger partial charge < -0.3 is 20.1 Å². The van der Waals surface area contributed by atoms with Gasteiger partial charge in [0.05, 0.1) is 6.42 Å². The van der Waals surface area contributed by atoms with Crippen LogP contribution in [0.25, 0.3) is 0 Å². The topological polar surface area (TPSA) is 95.9 Å². The molecule has 0 saturated carbocycles. The van der Waals surface area contributed by atoms with Crippen molar-refractivity contribution in [3.05, 3.63) is 108 Å². The van der Waals surface area contributed by atoms with E-state index < -0.39 is 30.1 Å². The number of carbonyl (C=O) groups is 3. The maximum Gasteiger partial charge on any atom is 0.330 e. The molecule has 2 saturated heterocycles. The molecule has 0 aromatic heterocycles. The van der Waals surface area contributed by atoms with Crippen molar-refractivity contribution in [2.24, 2.45) is 5.92 Å². The number of aliphatic hydroxyl groups is 1. The molecular weight excluding hydrogens is 488 g/mol. The van der Waals surface area contributed by atoms with Crippen LogP contribution in [0, 0.1) is 5.92 Å². The van der Waals surface area contributed by atoms with Crippen molar-refractivity contribution in [2.45, 2.75) is 30.0 Å². The van der Waals surface area contributed by atoms with Gasteiger partial charge in [0.15, 0.2) is 6.10 Å². The summed E-state index contributed by atoms with van der Waals surface area (Å²) >= 11 is 1.46. The molecule has 2 aliphatic heterocycles. The monoisotopic (exact) mass is 516 g/mol. The summed E-state index contributed by atoms with van der Waals surface area (Å²) in [5, 5.41) is 12.5. The molecule has 3 aromatic rings. The van der Waals surface area contributed by atoms with Gasteiger partial charge in [-0.3, -0.25) is 9.59 Å². The van der Waals surface area contributed by atoms with E-state index in [0.717, 1.165) is 16.7 Å². The fourth-order valence-electron chi connectivity index (χ4n) is 4.87. The molecule has 5 rings (SSSR count). The largest absolute Gasteiger partial charge is 0.451 e. The van der Waals surface area contributed by atoms with Gasteiger partial charge in [0, 0.05) is 18.3 Å². The quantitative estimate of drug-likeness (QED) is 0.353. The van der Waals surface area contributed by atoms with Gasteiger partial charge in [-0.25, -0.2) is 4.79 Å². The van der Waals surface area contributed by atoms with Crippen LogP contribution in [0.2, 0.25) is 0 Å². The van der Waals surface area contributed by atoms with Crippen molar-refractivity contribution in [3.8, 4) is 0 Å². The lowest BCUT2D eigenvalue weighted by Gasteiger charge is -2.54. The van der Waals surface area contributed by atoms with Crippen molar-refractivity contribution >= 4 is 29.5 Å². The molecule has 37 heavy (non-hydrogen) atoms. The number of benzene rings is 3. The van der Waals surface area contributed by atoms with E-state index in [1.165, 1.54) is 16.7 Å². The number of hydrogen-bond donors (Lipinski definition) is 2. The highest BCUT2D eigenvalue weighted by molar-refractivity contribution is 8.00.